The molecule has 0 heterocycles. The number of rotatable bonds is 5. The zero-order valence-electron chi connectivity index (χ0n) is 7.07. The van der Waals surface area contributed by atoms with Crippen LogP contribution in [0.2, 0.25) is 0 Å². The molecular weight excluding hydrogens is 197 g/mol. The van der Waals surface area contributed by atoms with Gasteiger partial charge in [-0.05, 0) is 6.26 Å². The van der Waals surface area contributed by atoms with Gasteiger partial charge in [0.05, 0.1) is 6.61 Å². The zero-order chi connectivity index (χ0) is 9.61. The van der Waals surface area contributed by atoms with E-state index >= 15 is 0 Å². The van der Waals surface area contributed by atoms with Crippen LogP contribution < -0.4 is 5.09 Å². The molecule has 0 aromatic rings. The Hall–Kier alpha value is -0.250. The normalized spacial score (nSPS) is 14.8. The first-order chi connectivity index (χ1) is 5.54. The van der Waals surface area contributed by atoms with Crippen molar-refractivity contribution in [2.75, 3.05) is 12.9 Å². The van der Waals surface area contributed by atoms with Crippen LogP contribution in [0.3, 0.4) is 0 Å². The average molecular weight is 209 g/mol. The Morgan fingerprint density at radius 3 is 2.75 bits per heavy atom. The summed E-state index contributed by atoms with van der Waals surface area (Å²) in [5.41, 5.74) is 0. The highest BCUT2D eigenvalue weighted by Gasteiger charge is 2.21. The fourth-order valence-electron chi connectivity index (χ4n) is 0.474. The van der Waals surface area contributed by atoms with E-state index in [4.69, 9.17) is 4.52 Å². The SMILES string of the molecule is C=CCOP(=O)(NC(C)=O)SC. The number of carbonyl (C=O) groups is 1. The number of carbonyl (C=O) groups excluding carboxylic acids is 1. The third-order valence-corrected chi connectivity index (χ3v) is 4.49. The van der Waals surface area contributed by atoms with Gasteiger partial charge in [0.15, 0.2) is 0 Å². The fraction of sp³-hybridized carbons (Fsp3) is 0.500. The van der Waals surface area contributed by atoms with Gasteiger partial charge in [-0.15, -0.1) is 6.58 Å². The minimum atomic E-state index is -3.03. The molecule has 0 aliphatic rings. The molecule has 0 spiro atoms. The Kier molecular flexibility index (Phi) is 5.29. The van der Waals surface area contributed by atoms with Crippen LogP contribution in [0.25, 0.3) is 0 Å². The van der Waals surface area contributed by atoms with Crippen LogP contribution in [-0.2, 0) is 13.9 Å². The van der Waals surface area contributed by atoms with Crippen LogP contribution in [0.15, 0.2) is 12.7 Å². The third kappa shape index (κ3) is 4.59. The van der Waals surface area contributed by atoms with Gasteiger partial charge in [-0.2, -0.15) is 0 Å². The van der Waals surface area contributed by atoms with Gasteiger partial charge in [0.2, 0.25) is 5.91 Å². The molecule has 4 nitrogen and oxygen atoms in total. The minimum Gasteiger partial charge on any atom is -0.302 e. The van der Waals surface area contributed by atoms with Crippen molar-refractivity contribution in [1.29, 1.82) is 0 Å². The molecule has 0 bridgehead atoms. The van der Waals surface area contributed by atoms with Crippen LogP contribution in [0.4, 0.5) is 0 Å². The van der Waals surface area contributed by atoms with Crippen LogP contribution in [0.5, 0.6) is 0 Å². The summed E-state index contributed by atoms with van der Waals surface area (Å²) in [5.74, 6) is -0.364. The molecule has 0 fully saturated rings. The van der Waals surface area contributed by atoms with Gasteiger partial charge < -0.3 is 4.52 Å². The van der Waals surface area contributed by atoms with Gasteiger partial charge in [-0.1, -0.05) is 17.5 Å². The van der Waals surface area contributed by atoms with Crippen molar-refractivity contribution < 1.29 is 13.9 Å². The summed E-state index contributed by atoms with van der Waals surface area (Å²) in [4.78, 5) is 10.6. The van der Waals surface area contributed by atoms with Crippen molar-refractivity contribution in [2.45, 2.75) is 6.92 Å². The lowest BCUT2D eigenvalue weighted by molar-refractivity contribution is -0.117. The molecule has 12 heavy (non-hydrogen) atoms. The number of nitrogens with one attached hydrogen (secondary N) is 1. The first kappa shape index (κ1) is 11.8. The number of hydrogen-bond acceptors (Lipinski definition) is 4. The van der Waals surface area contributed by atoms with Crippen LogP contribution in [0, 0.1) is 0 Å². The Balaban J connectivity index is 4.14. The molecule has 0 saturated heterocycles. The molecule has 70 valence electrons. The van der Waals surface area contributed by atoms with Crippen molar-refractivity contribution in [3.05, 3.63) is 12.7 Å². The molecule has 0 aliphatic heterocycles. The van der Waals surface area contributed by atoms with Crippen LogP contribution in [-0.4, -0.2) is 18.8 Å². The summed E-state index contributed by atoms with van der Waals surface area (Å²) >= 11 is 0.994. The third-order valence-electron chi connectivity index (χ3n) is 0.897. The van der Waals surface area contributed by atoms with Gasteiger partial charge in [0.1, 0.15) is 0 Å². The van der Waals surface area contributed by atoms with E-state index in [9.17, 15) is 9.36 Å². The van der Waals surface area contributed by atoms with E-state index in [1.807, 2.05) is 0 Å². The summed E-state index contributed by atoms with van der Waals surface area (Å²) in [6.07, 6.45) is 3.09. The quantitative estimate of drug-likeness (QED) is 0.554. The van der Waals surface area contributed by atoms with E-state index in [2.05, 4.69) is 11.7 Å². The maximum absolute atomic E-state index is 11.5. The predicted molar refractivity (Wildman–Crippen MR) is 51.1 cm³/mol. The molecule has 0 aromatic carbocycles. The Morgan fingerprint density at radius 1 is 1.83 bits per heavy atom. The summed E-state index contributed by atoms with van der Waals surface area (Å²) in [6.45, 7) is 1.84. The highest BCUT2D eigenvalue weighted by atomic mass is 32.7. The minimum absolute atomic E-state index is 0.165. The number of amides is 1. The van der Waals surface area contributed by atoms with Crippen LogP contribution >= 0.6 is 18.1 Å². The molecule has 0 radical (unpaired) electrons. The molecular formula is C6H12NO3PS. The highest BCUT2D eigenvalue weighted by molar-refractivity contribution is 8.55. The lowest BCUT2D eigenvalue weighted by Crippen LogP contribution is -2.16. The standard InChI is InChI=1S/C6H12NO3PS/c1-4-5-10-11(9,12-3)7-6(2)8/h4H,1,5H2,2-3H3,(H,7,8,9). The van der Waals surface area contributed by atoms with Crippen molar-refractivity contribution >= 4 is 24.0 Å². The van der Waals surface area contributed by atoms with Crippen LogP contribution in [0.1, 0.15) is 6.92 Å². The largest absolute Gasteiger partial charge is 0.353 e. The smallest absolute Gasteiger partial charge is 0.302 e. The molecule has 0 aromatic heterocycles. The average Bonchev–Trinajstić information content (AvgIpc) is 2.00. The topological polar surface area (TPSA) is 55.4 Å². The van der Waals surface area contributed by atoms with Gasteiger partial charge in [-0.25, -0.2) is 0 Å². The molecule has 6 heteroatoms. The molecule has 1 amide bonds. The first-order valence-electron chi connectivity index (χ1n) is 3.24. The predicted octanol–water partition coefficient (Wildman–Crippen LogP) is 1.80. The Morgan fingerprint density at radius 2 is 2.42 bits per heavy atom. The Bertz CT molecular complexity index is 219. The van der Waals surface area contributed by atoms with E-state index < -0.39 is 6.72 Å². The molecule has 1 unspecified atom stereocenters. The lowest BCUT2D eigenvalue weighted by atomic mass is 10.7. The Labute approximate surface area is 76.0 Å². The second-order valence-corrected chi connectivity index (χ2v) is 6.31. The molecule has 0 aliphatic carbocycles. The molecule has 0 rings (SSSR count). The van der Waals surface area contributed by atoms with E-state index in [1.165, 1.54) is 13.0 Å². The van der Waals surface area contributed by atoms with E-state index in [1.54, 1.807) is 6.26 Å². The van der Waals surface area contributed by atoms with Crippen molar-refractivity contribution in [2.24, 2.45) is 0 Å². The van der Waals surface area contributed by atoms with Crippen molar-refractivity contribution in [3.63, 3.8) is 0 Å². The van der Waals surface area contributed by atoms with E-state index in [-0.39, 0.29) is 12.5 Å². The molecule has 1 atom stereocenters. The summed E-state index contributed by atoms with van der Waals surface area (Å²) in [5, 5.41) is 2.25. The number of hydrogen-bond donors (Lipinski definition) is 1. The maximum Gasteiger partial charge on any atom is 0.353 e. The fourth-order valence-corrected chi connectivity index (χ4v) is 2.58. The first-order valence-corrected chi connectivity index (χ1v) is 6.69. The second-order valence-electron chi connectivity index (χ2n) is 1.93. The van der Waals surface area contributed by atoms with Gasteiger partial charge in [0.25, 0.3) is 0 Å². The monoisotopic (exact) mass is 209 g/mol. The van der Waals surface area contributed by atoms with Gasteiger partial charge in [-0.3, -0.25) is 14.4 Å². The van der Waals surface area contributed by atoms with E-state index in [0.29, 0.717) is 0 Å². The highest BCUT2D eigenvalue weighted by Crippen LogP contribution is 2.53. The van der Waals surface area contributed by atoms with Crippen molar-refractivity contribution in [3.8, 4) is 0 Å². The second kappa shape index (κ2) is 5.41. The molecule has 0 saturated carbocycles. The summed E-state index contributed by atoms with van der Waals surface area (Å²) in [7, 11) is 0. The summed E-state index contributed by atoms with van der Waals surface area (Å²) < 4.78 is 16.4. The van der Waals surface area contributed by atoms with Gasteiger partial charge in [0, 0.05) is 6.92 Å². The summed E-state index contributed by atoms with van der Waals surface area (Å²) in [6, 6.07) is 0. The zero-order valence-corrected chi connectivity index (χ0v) is 8.78. The van der Waals surface area contributed by atoms with Crippen molar-refractivity contribution in [1.82, 2.24) is 5.09 Å². The lowest BCUT2D eigenvalue weighted by Gasteiger charge is -2.14. The maximum atomic E-state index is 11.5. The molecule has 1 N–H and O–H groups in total. The van der Waals surface area contributed by atoms with Gasteiger partial charge >= 0.3 is 6.72 Å². The van der Waals surface area contributed by atoms with E-state index in [0.717, 1.165) is 11.4 Å².